The highest BCUT2D eigenvalue weighted by molar-refractivity contribution is 7.65. The average Bonchev–Trinajstić information content (AvgIpc) is 2.41. The molecule has 2 rings (SSSR count). The van der Waals surface area contributed by atoms with Crippen LogP contribution in [0.5, 0.6) is 0 Å². The first-order valence-electron chi connectivity index (χ1n) is 7.86. The lowest BCUT2D eigenvalue weighted by Gasteiger charge is -2.38. The Morgan fingerprint density at radius 3 is 1.59 bits per heavy atom. The Labute approximate surface area is 107 Å². The topological polar surface area (TPSA) is 17.1 Å². The Morgan fingerprint density at radius 1 is 0.824 bits per heavy atom. The van der Waals surface area contributed by atoms with E-state index >= 15 is 0 Å². The maximum Gasteiger partial charge on any atom is 0.0935 e. The van der Waals surface area contributed by atoms with Crippen LogP contribution >= 0.6 is 7.14 Å². The Bertz CT molecular complexity index is 240. The zero-order valence-corrected chi connectivity index (χ0v) is 12.4. The highest BCUT2D eigenvalue weighted by Crippen LogP contribution is 2.62. The molecule has 0 aromatic carbocycles. The van der Waals surface area contributed by atoms with Gasteiger partial charge in [0.25, 0.3) is 0 Å². The van der Waals surface area contributed by atoms with Gasteiger partial charge in [-0.05, 0) is 32.1 Å². The first-order chi connectivity index (χ1) is 8.27. The van der Waals surface area contributed by atoms with Gasteiger partial charge in [-0.25, -0.2) is 0 Å². The van der Waals surface area contributed by atoms with Gasteiger partial charge in [0.1, 0.15) is 0 Å². The molecule has 2 saturated carbocycles. The van der Waals surface area contributed by atoms with Gasteiger partial charge < -0.3 is 4.57 Å². The molecule has 0 unspecified atom stereocenters. The number of hydrogen-bond acceptors (Lipinski definition) is 1. The highest BCUT2D eigenvalue weighted by atomic mass is 31.2. The second kappa shape index (κ2) is 6.41. The summed E-state index contributed by atoms with van der Waals surface area (Å²) in [4.78, 5) is 0. The van der Waals surface area contributed by atoms with Gasteiger partial charge in [-0.3, -0.25) is 0 Å². The molecule has 0 atom stereocenters. The van der Waals surface area contributed by atoms with E-state index in [1.165, 1.54) is 64.2 Å². The van der Waals surface area contributed by atoms with E-state index in [-0.39, 0.29) is 0 Å². The summed E-state index contributed by atoms with van der Waals surface area (Å²) in [7, 11) is -1.87. The number of rotatable bonds is 4. The molecule has 0 N–H and O–H groups in total. The van der Waals surface area contributed by atoms with Crippen molar-refractivity contribution in [3.8, 4) is 0 Å². The summed E-state index contributed by atoms with van der Waals surface area (Å²) in [6, 6.07) is 0. The standard InChI is InChI=1S/C15H29OP/c1-2-13-17(16,14-9-5-3-6-10-14)15-11-7-4-8-12-15/h14-15H,2-13H2,1H3. The quantitative estimate of drug-likeness (QED) is 0.613. The summed E-state index contributed by atoms with van der Waals surface area (Å²) < 4.78 is 13.5. The molecule has 100 valence electrons. The molecule has 0 bridgehead atoms. The van der Waals surface area contributed by atoms with Crippen LogP contribution in [0.2, 0.25) is 0 Å². The minimum absolute atomic E-state index is 0.610. The summed E-state index contributed by atoms with van der Waals surface area (Å²) in [5, 5.41) is 0. The van der Waals surface area contributed by atoms with Crippen LogP contribution in [-0.2, 0) is 4.57 Å². The van der Waals surface area contributed by atoms with Gasteiger partial charge in [0.05, 0.1) is 7.14 Å². The monoisotopic (exact) mass is 256 g/mol. The van der Waals surface area contributed by atoms with Crippen molar-refractivity contribution in [1.82, 2.24) is 0 Å². The Morgan fingerprint density at radius 2 is 1.24 bits per heavy atom. The summed E-state index contributed by atoms with van der Waals surface area (Å²) in [5.74, 6) is 0. The first-order valence-corrected chi connectivity index (χ1v) is 9.89. The summed E-state index contributed by atoms with van der Waals surface area (Å²) in [6.07, 6.45) is 15.4. The predicted molar refractivity (Wildman–Crippen MR) is 76.5 cm³/mol. The first kappa shape index (κ1) is 13.7. The lowest BCUT2D eigenvalue weighted by Crippen LogP contribution is -2.25. The maximum absolute atomic E-state index is 13.5. The van der Waals surface area contributed by atoms with Crippen molar-refractivity contribution >= 4 is 7.14 Å². The smallest absolute Gasteiger partial charge is 0.0935 e. The zero-order chi connectivity index (χ0) is 12.1. The largest absolute Gasteiger partial charge is 0.323 e. The van der Waals surface area contributed by atoms with Crippen molar-refractivity contribution < 1.29 is 4.57 Å². The van der Waals surface area contributed by atoms with E-state index in [2.05, 4.69) is 6.92 Å². The summed E-state index contributed by atoms with van der Waals surface area (Å²) in [5.41, 5.74) is 1.22. The van der Waals surface area contributed by atoms with Crippen LogP contribution in [0, 0.1) is 0 Å². The van der Waals surface area contributed by atoms with Gasteiger partial charge in [0.2, 0.25) is 0 Å². The molecule has 0 aliphatic heterocycles. The molecule has 0 amide bonds. The minimum Gasteiger partial charge on any atom is -0.323 e. The Kier molecular flexibility index (Phi) is 5.15. The molecule has 0 spiro atoms. The molecule has 0 saturated heterocycles. The highest BCUT2D eigenvalue weighted by Gasteiger charge is 2.39. The molecule has 0 radical (unpaired) electrons. The molecule has 2 aliphatic carbocycles. The Hall–Kier alpha value is 0.230. The molecular formula is C15H29OP. The summed E-state index contributed by atoms with van der Waals surface area (Å²) >= 11 is 0. The van der Waals surface area contributed by atoms with E-state index in [1.54, 1.807) is 0 Å². The van der Waals surface area contributed by atoms with Crippen molar-refractivity contribution in [2.24, 2.45) is 0 Å². The van der Waals surface area contributed by atoms with Crippen LogP contribution in [0.4, 0.5) is 0 Å². The molecule has 0 aromatic rings. The molecule has 1 nitrogen and oxygen atoms in total. The fraction of sp³-hybridized carbons (Fsp3) is 1.00. The molecular weight excluding hydrogens is 227 g/mol. The molecule has 2 aliphatic rings. The van der Waals surface area contributed by atoms with E-state index in [0.717, 1.165) is 12.6 Å². The fourth-order valence-electron chi connectivity index (χ4n) is 4.05. The van der Waals surface area contributed by atoms with Crippen molar-refractivity contribution in [2.75, 3.05) is 6.16 Å². The van der Waals surface area contributed by atoms with Gasteiger partial charge >= 0.3 is 0 Å². The van der Waals surface area contributed by atoms with Crippen molar-refractivity contribution in [1.29, 1.82) is 0 Å². The third kappa shape index (κ3) is 3.16. The van der Waals surface area contributed by atoms with Crippen LogP contribution < -0.4 is 0 Å². The molecule has 2 heteroatoms. The van der Waals surface area contributed by atoms with E-state index < -0.39 is 7.14 Å². The maximum atomic E-state index is 13.5. The van der Waals surface area contributed by atoms with Gasteiger partial charge in [0.15, 0.2) is 0 Å². The van der Waals surface area contributed by atoms with Crippen molar-refractivity contribution in [3.05, 3.63) is 0 Å². The second-order valence-electron chi connectivity index (χ2n) is 6.16. The third-order valence-electron chi connectivity index (χ3n) is 4.96. The normalized spacial score (nSPS) is 25.0. The number of hydrogen-bond donors (Lipinski definition) is 0. The Balaban J connectivity index is 2.08. The van der Waals surface area contributed by atoms with Gasteiger partial charge in [0, 0.05) is 17.5 Å². The van der Waals surface area contributed by atoms with Crippen LogP contribution in [-0.4, -0.2) is 17.5 Å². The van der Waals surface area contributed by atoms with Crippen LogP contribution in [0.1, 0.15) is 77.6 Å². The molecule has 0 heterocycles. The van der Waals surface area contributed by atoms with Crippen molar-refractivity contribution in [3.63, 3.8) is 0 Å². The van der Waals surface area contributed by atoms with Crippen LogP contribution in [0.15, 0.2) is 0 Å². The molecule has 0 aromatic heterocycles. The van der Waals surface area contributed by atoms with E-state index in [9.17, 15) is 4.57 Å². The minimum atomic E-state index is -1.87. The zero-order valence-electron chi connectivity index (χ0n) is 11.5. The molecule has 2 fully saturated rings. The van der Waals surface area contributed by atoms with E-state index in [1.807, 2.05) is 0 Å². The average molecular weight is 256 g/mol. The predicted octanol–water partition coefficient (Wildman–Crippen LogP) is 5.42. The SMILES string of the molecule is CCCP(=O)(C1CCCCC1)C1CCCCC1. The fourth-order valence-corrected chi connectivity index (χ4v) is 8.55. The van der Waals surface area contributed by atoms with Crippen LogP contribution in [0.3, 0.4) is 0 Å². The van der Waals surface area contributed by atoms with Crippen molar-refractivity contribution in [2.45, 2.75) is 88.9 Å². The van der Waals surface area contributed by atoms with E-state index in [4.69, 9.17) is 0 Å². The lowest BCUT2D eigenvalue weighted by atomic mass is 9.99. The van der Waals surface area contributed by atoms with E-state index in [0.29, 0.717) is 11.3 Å². The summed E-state index contributed by atoms with van der Waals surface area (Å²) in [6.45, 7) is 2.22. The van der Waals surface area contributed by atoms with Gasteiger partial charge in [-0.15, -0.1) is 0 Å². The third-order valence-corrected chi connectivity index (χ3v) is 9.61. The van der Waals surface area contributed by atoms with Gasteiger partial charge in [-0.2, -0.15) is 0 Å². The second-order valence-corrected chi connectivity index (χ2v) is 9.78. The van der Waals surface area contributed by atoms with Crippen LogP contribution in [0.25, 0.3) is 0 Å². The molecule has 17 heavy (non-hydrogen) atoms. The van der Waals surface area contributed by atoms with Gasteiger partial charge in [-0.1, -0.05) is 45.4 Å². The lowest BCUT2D eigenvalue weighted by molar-refractivity contribution is 0.446.